The van der Waals surface area contributed by atoms with Gasteiger partial charge in [0.2, 0.25) is 5.91 Å². The molecule has 1 saturated carbocycles. The quantitative estimate of drug-likeness (QED) is 0.707. The Hall–Kier alpha value is -1.86. The van der Waals surface area contributed by atoms with Crippen molar-refractivity contribution in [2.45, 2.75) is 44.7 Å². The molecule has 0 saturated heterocycles. The van der Waals surface area contributed by atoms with Crippen molar-refractivity contribution in [2.75, 3.05) is 18.6 Å². The fraction of sp³-hybridized carbons (Fsp3) is 0.571. The van der Waals surface area contributed by atoms with Crippen molar-refractivity contribution in [3.05, 3.63) is 40.9 Å². The number of aromatic nitrogens is 2. The highest BCUT2D eigenvalue weighted by molar-refractivity contribution is 7.98. The molecule has 0 aliphatic heterocycles. The van der Waals surface area contributed by atoms with Gasteiger partial charge in [-0.15, -0.1) is 0 Å². The van der Waals surface area contributed by atoms with Gasteiger partial charge in [0.25, 0.3) is 5.56 Å². The van der Waals surface area contributed by atoms with Crippen LogP contribution < -0.4 is 10.9 Å². The molecule has 1 heterocycles. The minimum absolute atomic E-state index is 0.00467. The average molecular weight is 404 g/mol. The summed E-state index contributed by atoms with van der Waals surface area (Å²) in [6.45, 7) is 0.636. The van der Waals surface area contributed by atoms with Gasteiger partial charge >= 0.3 is 0 Å². The van der Waals surface area contributed by atoms with Gasteiger partial charge in [0, 0.05) is 12.5 Å². The van der Waals surface area contributed by atoms with Crippen LogP contribution in [-0.2, 0) is 11.3 Å². The summed E-state index contributed by atoms with van der Waals surface area (Å²) in [4.78, 5) is 29.5. The van der Waals surface area contributed by atoms with E-state index in [1.165, 1.54) is 0 Å². The molecule has 1 aliphatic rings. The number of thioether (sulfide) groups is 1. The van der Waals surface area contributed by atoms with Gasteiger partial charge in [0.05, 0.1) is 29.9 Å². The van der Waals surface area contributed by atoms with E-state index in [1.807, 2.05) is 30.5 Å². The van der Waals surface area contributed by atoms with Crippen molar-refractivity contribution in [1.29, 1.82) is 0 Å². The second kappa shape index (κ2) is 10.1. The van der Waals surface area contributed by atoms with Crippen LogP contribution in [-0.4, -0.2) is 45.2 Å². The summed E-state index contributed by atoms with van der Waals surface area (Å²) < 4.78 is 1.71. The summed E-state index contributed by atoms with van der Waals surface area (Å²) in [5.41, 5.74) is 0.731. The topological polar surface area (TPSA) is 84.2 Å². The van der Waals surface area contributed by atoms with E-state index in [1.54, 1.807) is 22.7 Å². The van der Waals surface area contributed by atoms with Crippen molar-refractivity contribution in [2.24, 2.45) is 11.8 Å². The third kappa shape index (κ3) is 5.14. The zero-order valence-electron chi connectivity index (χ0n) is 16.3. The summed E-state index contributed by atoms with van der Waals surface area (Å²) >= 11 is 1.72. The van der Waals surface area contributed by atoms with Crippen molar-refractivity contribution in [3.8, 4) is 0 Å². The fourth-order valence-electron chi connectivity index (χ4n) is 3.91. The first-order chi connectivity index (χ1) is 13.6. The highest BCUT2D eigenvalue weighted by Crippen LogP contribution is 2.30. The van der Waals surface area contributed by atoms with E-state index in [0.29, 0.717) is 17.8 Å². The fourth-order valence-corrected chi connectivity index (χ4v) is 4.43. The van der Waals surface area contributed by atoms with E-state index in [2.05, 4.69) is 10.3 Å². The molecule has 1 amide bonds. The molecule has 7 heteroatoms. The first-order valence-electron chi connectivity index (χ1n) is 9.96. The summed E-state index contributed by atoms with van der Waals surface area (Å²) in [5.74, 6) is 1.37. The smallest absolute Gasteiger partial charge is 0.261 e. The maximum Gasteiger partial charge on any atom is 0.261 e. The van der Waals surface area contributed by atoms with E-state index in [-0.39, 0.29) is 30.0 Å². The van der Waals surface area contributed by atoms with E-state index in [9.17, 15) is 14.7 Å². The number of benzene rings is 1. The Labute approximate surface area is 169 Å². The molecule has 2 aromatic rings. The Balaban J connectivity index is 1.53. The molecule has 152 valence electrons. The lowest BCUT2D eigenvalue weighted by Crippen LogP contribution is -2.42. The number of carbonyl (C=O) groups is 1. The van der Waals surface area contributed by atoms with Crippen LogP contribution in [0.3, 0.4) is 0 Å². The number of fused-ring (bicyclic) bond motifs is 1. The Morgan fingerprint density at radius 3 is 2.79 bits per heavy atom. The standard InChI is InChI=1S/C21H29N3O3S/c1-28-11-10-17(13-25)23-20(26)16-8-6-15(7-9-16)12-24-14-22-19-5-3-2-4-18(19)21(24)27/h2-5,14-17,25H,6-13H2,1H3,(H,23,26)/t15?,16?,17-/m1/s1. The van der Waals surface area contributed by atoms with Gasteiger partial charge in [-0.25, -0.2) is 4.98 Å². The minimum atomic E-state index is -0.153. The Kier molecular flexibility index (Phi) is 7.50. The lowest BCUT2D eigenvalue weighted by molar-refractivity contribution is -0.127. The summed E-state index contributed by atoms with van der Waals surface area (Å²) in [5, 5.41) is 13.1. The Bertz CT molecular complexity index is 846. The maximum absolute atomic E-state index is 12.6. The van der Waals surface area contributed by atoms with Crippen molar-refractivity contribution >= 4 is 28.6 Å². The van der Waals surface area contributed by atoms with E-state index >= 15 is 0 Å². The first kappa shape index (κ1) is 20.9. The zero-order chi connectivity index (χ0) is 19.9. The lowest BCUT2D eigenvalue weighted by Gasteiger charge is -2.29. The third-order valence-electron chi connectivity index (χ3n) is 5.64. The third-order valence-corrected chi connectivity index (χ3v) is 6.29. The molecule has 0 bridgehead atoms. The predicted octanol–water partition coefficient (Wildman–Crippen LogP) is 2.43. The van der Waals surface area contributed by atoms with E-state index in [4.69, 9.17) is 0 Å². The zero-order valence-corrected chi connectivity index (χ0v) is 17.2. The average Bonchev–Trinajstić information content (AvgIpc) is 2.73. The molecule has 1 atom stereocenters. The number of rotatable bonds is 8. The van der Waals surface area contributed by atoms with Gasteiger partial charge < -0.3 is 10.4 Å². The highest BCUT2D eigenvalue weighted by atomic mass is 32.2. The van der Waals surface area contributed by atoms with Crippen LogP contribution in [0.25, 0.3) is 10.9 Å². The molecule has 1 aliphatic carbocycles. The van der Waals surface area contributed by atoms with Crippen molar-refractivity contribution < 1.29 is 9.90 Å². The first-order valence-corrected chi connectivity index (χ1v) is 11.4. The van der Waals surface area contributed by atoms with Crippen LogP contribution in [0.4, 0.5) is 0 Å². The van der Waals surface area contributed by atoms with Crippen LogP contribution in [0.15, 0.2) is 35.4 Å². The van der Waals surface area contributed by atoms with Crippen LogP contribution in [0.2, 0.25) is 0 Å². The molecule has 28 heavy (non-hydrogen) atoms. The van der Waals surface area contributed by atoms with Gasteiger partial charge in [0.1, 0.15) is 0 Å². The molecule has 3 rings (SSSR count). The largest absolute Gasteiger partial charge is 0.394 e. The molecule has 0 spiro atoms. The Morgan fingerprint density at radius 1 is 1.32 bits per heavy atom. The molecule has 6 nitrogen and oxygen atoms in total. The Morgan fingerprint density at radius 2 is 2.07 bits per heavy atom. The molecular formula is C21H29N3O3S. The number of nitrogens with one attached hydrogen (secondary N) is 1. The monoisotopic (exact) mass is 403 g/mol. The number of aliphatic hydroxyl groups excluding tert-OH is 1. The second-order valence-electron chi connectivity index (χ2n) is 7.61. The normalized spacial score (nSPS) is 20.8. The van der Waals surface area contributed by atoms with E-state index < -0.39 is 0 Å². The van der Waals surface area contributed by atoms with Gasteiger partial charge in [0.15, 0.2) is 0 Å². The van der Waals surface area contributed by atoms with Gasteiger partial charge in [-0.2, -0.15) is 11.8 Å². The molecule has 2 N–H and O–H groups in total. The molecular weight excluding hydrogens is 374 g/mol. The lowest BCUT2D eigenvalue weighted by atomic mass is 9.81. The molecule has 1 aromatic heterocycles. The van der Waals surface area contributed by atoms with Crippen LogP contribution in [0, 0.1) is 11.8 Å². The van der Waals surface area contributed by atoms with Crippen molar-refractivity contribution in [1.82, 2.24) is 14.9 Å². The summed E-state index contributed by atoms with van der Waals surface area (Å²) in [6.07, 6.45) is 7.95. The second-order valence-corrected chi connectivity index (χ2v) is 8.59. The van der Waals surface area contributed by atoms with Gasteiger partial charge in [-0.3, -0.25) is 14.2 Å². The number of aliphatic hydroxyl groups is 1. The van der Waals surface area contributed by atoms with Crippen LogP contribution in [0.1, 0.15) is 32.1 Å². The number of para-hydroxylation sites is 1. The molecule has 1 fully saturated rings. The van der Waals surface area contributed by atoms with Gasteiger partial charge in [-0.05, 0) is 62.2 Å². The molecule has 0 unspecified atom stereocenters. The SMILES string of the molecule is CSCC[C@H](CO)NC(=O)C1CCC(Cn2cnc3ccccc3c2=O)CC1. The number of nitrogens with zero attached hydrogens (tertiary/aromatic N) is 2. The van der Waals surface area contributed by atoms with Gasteiger partial charge in [-0.1, -0.05) is 12.1 Å². The molecule has 1 aromatic carbocycles. The highest BCUT2D eigenvalue weighted by Gasteiger charge is 2.27. The minimum Gasteiger partial charge on any atom is -0.394 e. The summed E-state index contributed by atoms with van der Waals surface area (Å²) in [6, 6.07) is 7.26. The molecule has 0 radical (unpaired) electrons. The van der Waals surface area contributed by atoms with Crippen LogP contribution in [0.5, 0.6) is 0 Å². The number of hydrogen-bond acceptors (Lipinski definition) is 5. The van der Waals surface area contributed by atoms with Crippen molar-refractivity contribution in [3.63, 3.8) is 0 Å². The maximum atomic E-state index is 12.6. The van der Waals surface area contributed by atoms with E-state index in [0.717, 1.165) is 43.4 Å². The number of hydrogen-bond donors (Lipinski definition) is 2. The number of carbonyl (C=O) groups excluding carboxylic acids is 1. The van der Waals surface area contributed by atoms with Crippen LogP contribution >= 0.6 is 11.8 Å². The summed E-state index contributed by atoms with van der Waals surface area (Å²) in [7, 11) is 0. The predicted molar refractivity (Wildman–Crippen MR) is 113 cm³/mol. The number of amides is 1.